The van der Waals surface area contributed by atoms with E-state index in [9.17, 15) is 0 Å². The highest BCUT2D eigenvalue weighted by molar-refractivity contribution is 6.87. The van der Waals surface area contributed by atoms with E-state index in [2.05, 4.69) is 80.6 Å². The highest BCUT2D eigenvalue weighted by Gasteiger charge is 2.47. The van der Waals surface area contributed by atoms with Gasteiger partial charge in [0.05, 0.1) is 0 Å². The fourth-order valence-electron chi connectivity index (χ4n) is 6.74. The third-order valence-electron chi connectivity index (χ3n) is 8.39. The summed E-state index contributed by atoms with van der Waals surface area (Å²) in [5.74, 6) is 5.24. The molecule has 0 amide bonds. The summed E-state index contributed by atoms with van der Waals surface area (Å²) in [6.45, 7) is 3.80. The van der Waals surface area contributed by atoms with Crippen molar-refractivity contribution >= 4 is 35.7 Å². The van der Waals surface area contributed by atoms with Crippen LogP contribution >= 0.6 is 0 Å². The minimum atomic E-state index is -0.287. The molecule has 0 bridgehead atoms. The lowest BCUT2D eigenvalue weighted by Crippen LogP contribution is -2.58. The Kier molecular flexibility index (Phi) is 4.11. The van der Waals surface area contributed by atoms with Gasteiger partial charge in [-0.3, -0.25) is 0 Å². The van der Waals surface area contributed by atoms with E-state index in [0.717, 1.165) is 84.2 Å². The lowest BCUT2D eigenvalue weighted by Gasteiger charge is -2.38. The molecule has 4 aliphatic rings. The molecule has 39 heavy (non-hydrogen) atoms. The molecule has 0 aromatic heterocycles. The molecular formula is C33H22B2O4. The van der Waals surface area contributed by atoms with Crippen molar-refractivity contribution in [3.8, 4) is 56.8 Å². The van der Waals surface area contributed by atoms with E-state index in [1.165, 1.54) is 0 Å². The molecule has 0 saturated heterocycles. The summed E-state index contributed by atoms with van der Waals surface area (Å²) in [7, 11) is 0. The quantitative estimate of drug-likeness (QED) is 0.289. The first-order valence-corrected chi connectivity index (χ1v) is 13.5. The zero-order valence-electron chi connectivity index (χ0n) is 21.5. The summed E-state index contributed by atoms with van der Waals surface area (Å²) in [4.78, 5) is 0. The summed E-state index contributed by atoms with van der Waals surface area (Å²) in [5.41, 5.74) is 9.71. The molecule has 0 radical (unpaired) electrons. The zero-order valence-corrected chi connectivity index (χ0v) is 21.5. The van der Waals surface area contributed by atoms with Crippen molar-refractivity contribution in [2.24, 2.45) is 0 Å². The van der Waals surface area contributed by atoms with Crippen molar-refractivity contribution in [2.45, 2.75) is 19.8 Å². The molecule has 0 unspecified atom stereocenters. The number of benzene rings is 5. The predicted molar refractivity (Wildman–Crippen MR) is 156 cm³/mol. The van der Waals surface area contributed by atoms with Gasteiger partial charge in [-0.2, -0.15) is 0 Å². The van der Waals surface area contributed by atoms with Gasteiger partial charge in [0.25, 0.3) is 0 Å². The van der Waals surface area contributed by atoms with Crippen LogP contribution in [0.2, 0.25) is 0 Å². The summed E-state index contributed by atoms with van der Waals surface area (Å²) >= 11 is 0. The molecule has 0 saturated carbocycles. The monoisotopic (exact) mass is 504 g/mol. The van der Waals surface area contributed by atoms with Gasteiger partial charge in [0.15, 0.2) is 0 Å². The van der Waals surface area contributed by atoms with Crippen LogP contribution in [0.3, 0.4) is 0 Å². The van der Waals surface area contributed by atoms with Gasteiger partial charge in [0, 0.05) is 38.5 Å². The molecule has 0 fully saturated rings. The smallest absolute Gasteiger partial charge is 0.434 e. The number of ether oxygens (including phenoxy) is 2. The molecule has 6 heteroatoms. The van der Waals surface area contributed by atoms with Crippen LogP contribution in [0.1, 0.15) is 25.3 Å². The maximum Gasteiger partial charge on any atom is 0.434 e. The minimum absolute atomic E-state index is 0.148. The van der Waals surface area contributed by atoms with Gasteiger partial charge >= 0.3 is 13.8 Å². The second-order valence-corrected chi connectivity index (χ2v) is 10.9. The van der Waals surface area contributed by atoms with E-state index in [-0.39, 0.29) is 19.7 Å². The van der Waals surface area contributed by atoms with Crippen LogP contribution in [0, 0.1) is 0 Å². The zero-order chi connectivity index (χ0) is 25.8. The number of fused-ring (bicyclic) bond motifs is 8. The highest BCUT2D eigenvalue weighted by Crippen LogP contribution is 2.46. The average molecular weight is 504 g/mol. The Labute approximate surface area is 227 Å². The van der Waals surface area contributed by atoms with Crippen LogP contribution in [0.15, 0.2) is 91.0 Å². The number of rotatable bonds is 1. The maximum atomic E-state index is 6.76. The maximum absolute atomic E-state index is 6.76. The van der Waals surface area contributed by atoms with Gasteiger partial charge in [-0.25, -0.2) is 0 Å². The summed E-state index contributed by atoms with van der Waals surface area (Å²) in [5, 5.41) is 0. The second-order valence-electron chi connectivity index (χ2n) is 10.9. The Morgan fingerprint density at radius 3 is 1.44 bits per heavy atom. The molecule has 0 spiro atoms. The van der Waals surface area contributed by atoms with Crippen molar-refractivity contribution in [2.75, 3.05) is 0 Å². The van der Waals surface area contributed by atoms with Gasteiger partial charge in [0.2, 0.25) is 0 Å². The standard InChI is InChI=1S/C33H22B2O4/c1-18(2)29-32-23(34-30-21(11-7-15-27(30)36-32)19-9-3-5-13-25(19)38-34)17-24-33(29)37-28-16-8-12-22-20-10-4-6-14-26(20)39-35(24)31(22)28/h3-18H,1-2H3. The van der Waals surface area contributed by atoms with Crippen LogP contribution in [0.25, 0.3) is 22.3 Å². The predicted octanol–water partition coefficient (Wildman–Crippen LogP) is 5.35. The van der Waals surface area contributed by atoms with Crippen LogP contribution < -0.4 is 40.6 Å². The normalized spacial score (nSPS) is 14.3. The topological polar surface area (TPSA) is 36.9 Å². The molecule has 0 aliphatic carbocycles. The molecule has 4 nitrogen and oxygen atoms in total. The van der Waals surface area contributed by atoms with Gasteiger partial charge in [-0.1, -0.05) is 80.6 Å². The number of para-hydroxylation sites is 2. The van der Waals surface area contributed by atoms with Crippen molar-refractivity contribution < 1.29 is 18.8 Å². The van der Waals surface area contributed by atoms with Gasteiger partial charge in [-0.15, -0.1) is 0 Å². The fraction of sp³-hybridized carbons (Fsp3) is 0.0909. The van der Waals surface area contributed by atoms with Crippen LogP contribution in [-0.2, 0) is 0 Å². The number of hydrogen-bond donors (Lipinski definition) is 0. The lowest BCUT2D eigenvalue weighted by atomic mass is 9.46. The largest absolute Gasteiger partial charge is 0.551 e. The molecular weight excluding hydrogens is 482 g/mol. The van der Waals surface area contributed by atoms with E-state index < -0.39 is 0 Å². The molecule has 0 atom stereocenters. The van der Waals surface area contributed by atoms with Crippen LogP contribution in [-0.4, -0.2) is 13.8 Å². The molecule has 5 aromatic rings. The van der Waals surface area contributed by atoms with Crippen molar-refractivity contribution in [1.29, 1.82) is 0 Å². The first kappa shape index (κ1) is 21.4. The minimum Gasteiger partial charge on any atom is -0.551 e. The average Bonchev–Trinajstić information content (AvgIpc) is 2.96. The van der Waals surface area contributed by atoms with Crippen molar-refractivity contribution in [1.82, 2.24) is 0 Å². The summed E-state index contributed by atoms with van der Waals surface area (Å²) in [6, 6.07) is 31.2. The SMILES string of the molecule is CC(C)c1c2c(cc3c1Oc1cccc4c1B3Oc1ccccc1-4)B1Oc3ccccc3-c3cccc(c31)O2. The Morgan fingerprint density at radius 2 is 0.949 bits per heavy atom. The van der Waals surface area contributed by atoms with E-state index in [4.69, 9.17) is 18.8 Å². The van der Waals surface area contributed by atoms with Gasteiger partial charge in [0.1, 0.15) is 34.5 Å². The molecule has 9 rings (SSSR count). The molecule has 0 N–H and O–H groups in total. The van der Waals surface area contributed by atoms with Gasteiger partial charge in [-0.05, 0) is 41.3 Å². The lowest BCUT2D eigenvalue weighted by molar-refractivity contribution is 0.443. The fourth-order valence-corrected chi connectivity index (χ4v) is 6.74. The molecule has 4 heterocycles. The Balaban J connectivity index is 1.31. The first-order chi connectivity index (χ1) is 19.2. The first-order valence-electron chi connectivity index (χ1n) is 13.5. The summed E-state index contributed by atoms with van der Waals surface area (Å²) < 4.78 is 27.0. The Hall–Kier alpha value is -4.57. The summed E-state index contributed by atoms with van der Waals surface area (Å²) in [6.07, 6.45) is 0. The molecule has 4 aliphatic heterocycles. The third kappa shape index (κ3) is 2.76. The third-order valence-corrected chi connectivity index (χ3v) is 8.39. The molecule has 5 aromatic carbocycles. The van der Waals surface area contributed by atoms with Crippen LogP contribution in [0.5, 0.6) is 34.5 Å². The van der Waals surface area contributed by atoms with Crippen LogP contribution in [0.4, 0.5) is 0 Å². The van der Waals surface area contributed by atoms with E-state index >= 15 is 0 Å². The van der Waals surface area contributed by atoms with E-state index in [0.29, 0.717) is 0 Å². The van der Waals surface area contributed by atoms with Gasteiger partial charge < -0.3 is 18.8 Å². The van der Waals surface area contributed by atoms with Crippen molar-refractivity contribution in [3.05, 3.63) is 96.6 Å². The van der Waals surface area contributed by atoms with E-state index in [1.54, 1.807) is 0 Å². The number of hydrogen-bond acceptors (Lipinski definition) is 4. The van der Waals surface area contributed by atoms with Crippen molar-refractivity contribution in [3.63, 3.8) is 0 Å². The molecule has 184 valence electrons. The Morgan fingerprint density at radius 1 is 0.513 bits per heavy atom. The second kappa shape index (κ2) is 7.51. The Bertz CT molecular complexity index is 1750. The van der Waals surface area contributed by atoms with E-state index in [1.807, 2.05) is 24.3 Å². The highest BCUT2D eigenvalue weighted by atomic mass is 16.5.